The molecule has 3 amide bonds. The molecule has 8 nitrogen and oxygen atoms in total. The lowest BCUT2D eigenvalue weighted by molar-refractivity contribution is -0.129. The van der Waals surface area contributed by atoms with Crippen molar-refractivity contribution >= 4 is 44.9 Å². The van der Waals surface area contributed by atoms with Gasteiger partial charge in [0.25, 0.3) is 11.1 Å². The summed E-state index contributed by atoms with van der Waals surface area (Å²) in [7, 11) is -3.78. The van der Waals surface area contributed by atoms with Crippen LogP contribution in [0.3, 0.4) is 0 Å². The number of hydrogen-bond acceptors (Lipinski definition) is 6. The lowest BCUT2D eigenvalue weighted by atomic mass is 10.2. The van der Waals surface area contributed by atoms with Gasteiger partial charge in [0.05, 0.1) is 9.80 Å². The number of hydrogen-bond donors (Lipinski definition) is 2. The summed E-state index contributed by atoms with van der Waals surface area (Å²) in [5, 5.41) is 7.12. The Morgan fingerprint density at radius 1 is 1.07 bits per heavy atom. The van der Waals surface area contributed by atoms with E-state index in [1.165, 1.54) is 24.3 Å². The number of nitrogens with one attached hydrogen (secondary N) is 1. The van der Waals surface area contributed by atoms with Crippen molar-refractivity contribution in [2.24, 2.45) is 5.14 Å². The maximum atomic E-state index is 12.4. The van der Waals surface area contributed by atoms with Crippen LogP contribution in [-0.2, 0) is 26.2 Å². The number of rotatable bonds is 6. The molecule has 0 radical (unpaired) electrons. The molecule has 3 rings (SSSR count). The Kier molecular flexibility index (Phi) is 6.16. The van der Waals surface area contributed by atoms with E-state index < -0.39 is 33.6 Å². The molecule has 150 valence electrons. The highest BCUT2D eigenvalue weighted by atomic mass is 32.2. The van der Waals surface area contributed by atoms with Crippen LogP contribution in [0, 0.1) is 0 Å². The summed E-state index contributed by atoms with van der Waals surface area (Å²) in [5.41, 5.74) is 1.43. The highest BCUT2D eigenvalue weighted by Gasteiger charge is 2.36. The molecule has 1 aliphatic rings. The van der Waals surface area contributed by atoms with E-state index in [0.717, 1.165) is 22.2 Å². The van der Waals surface area contributed by atoms with Gasteiger partial charge in [-0.2, -0.15) is 0 Å². The summed E-state index contributed by atoms with van der Waals surface area (Å²) >= 11 is 0.787. The zero-order valence-corrected chi connectivity index (χ0v) is 16.7. The lowest BCUT2D eigenvalue weighted by Gasteiger charge is -2.12. The molecule has 10 heteroatoms. The average molecular weight is 431 g/mol. The fourth-order valence-corrected chi connectivity index (χ4v) is 3.89. The molecule has 2 aromatic rings. The number of primary sulfonamides is 1. The standard InChI is InChI=1S/C19H17N3O5S2/c20-29(26,27)15-8-6-14(7-9-15)11-21-17(23)12-22-18(24)16(28-19(22)25)10-13-4-2-1-3-5-13/h1-10H,11-12H2,(H,21,23)(H2,20,26,27)/b16-10+. The molecule has 3 N–H and O–H groups in total. The summed E-state index contributed by atoms with van der Waals surface area (Å²) in [6.07, 6.45) is 1.61. The van der Waals surface area contributed by atoms with Crippen LogP contribution in [-0.4, -0.2) is 36.9 Å². The number of imide groups is 1. The molecule has 1 fully saturated rings. The quantitative estimate of drug-likeness (QED) is 0.670. The van der Waals surface area contributed by atoms with Gasteiger partial charge in [0.15, 0.2) is 0 Å². The third kappa shape index (κ3) is 5.31. The third-order valence-corrected chi connectivity index (χ3v) is 5.85. The summed E-state index contributed by atoms with van der Waals surface area (Å²) in [6.45, 7) is -0.286. The third-order valence-electron chi connectivity index (χ3n) is 4.01. The smallest absolute Gasteiger partial charge is 0.294 e. The van der Waals surface area contributed by atoms with Crippen molar-refractivity contribution in [2.45, 2.75) is 11.4 Å². The number of benzene rings is 2. The first-order valence-electron chi connectivity index (χ1n) is 8.43. The second-order valence-corrected chi connectivity index (χ2v) is 8.70. The van der Waals surface area contributed by atoms with Crippen LogP contribution in [0.25, 0.3) is 6.08 Å². The average Bonchev–Trinajstić information content (AvgIpc) is 2.94. The van der Waals surface area contributed by atoms with E-state index in [2.05, 4.69) is 5.32 Å². The Morgan fingerprint density at radius 2 is 1.72 bits per heavy atom. The molecule has 0 atom stereocenters. The van der Waals surface area contributed by atoms with Crippen LogP contribution < -0.4 is 10.5 Å². The maximum absolute atomic E-state index is 12.4. The molecular formula is C19H17N3O5S2. The lowest BCUT2D eigenvalue weighted by Crippen LogP contribution is -2.39. The van der Waals surface area contributed by atoms with Crippen molar-refractivity contribution in [1.82, 2.24) is 10.2 Å². The Labute approximate surface area is 171 Å². The van der Waals surface area contributed by atoms with E-state index in [0.29, 0.717) is 5.56 Å². The van der Waals surface area contributed by atoms with E-state index in [1.807, 2.05) is 30.3 Å². The number of nitrogens with zero attached hydrogens (tertiary/aromatic N) is 1. The van der Waals surface area contributed by atoms with Gasteiger partial charge in [0, 0.05) is 6.54 Å². The summed E-state index contributed by atoms with van der Waals surface area (Å²) in [5.74, 6) is -1.03. The van der Waals surface area contributed by atoms with Crippen molar-refractivity contribution in [1.29, 1.82) is 0 Å². The minimum atomic E-state index is -3.78. The number of nitrogens with two attached hydrogens (primary N) is 1. The van der Waals surface area contributed by atoms with Crippen LogP contribution in [0.15, 0.2) is 64.4 Å². The predicted octanol–water partition coefficient (Wildman–Crippen LogP) is 1.69. The van der Waals surface area contributed by atoms with Gasteiger partial charge in [-0.15, -0.1) is 0 Å². The van der Waals surface area contributed by atoms with Gasteiger partial charge >= 0.3 is 0 Å². The number of amides is 3. The number of carbonyl (C=O) groups is 3. The SMILES string of the molecule is NS(=O)(=O)c1ccc(CNC(=O)CN2C(=O)S/C(=C/c3ccccc3)C2=O)cc1. The monoisotopic (exact) mass is 431 g/mol. The highest BCUT2D eigenvalue weighted by Crippen LogP contribution is 2.31. The zero-order valence-electron chi connectivity index (χ0n) is 15.1. The fourth-order valence-electron chi connectivity index (χ4n) is 2.53. The van der Waals surface area contributed by atoms with Gasteiger partial charge in [-0.3, -0.25) is 19.3 Å². The molecule has 1 saturated heterocycles. The first-order valence-corrected chi connectivity index (χ1v) is 10.8. The van der Waals surface area contributed by atoms with E-state index in [1.54, 1.807) is 6.08 Å². The summed E-state index contributed by atoms with van der Waals surface area (Å²) < 4.78 is 22.5. The molecule has 0 unspecified atom stereocenters. The van der Waals surface area contributed by atoms with Gasteiger partial charge in [-0.25, -0.2) is 13.6 Å². The first kappa shape index (κ1) is 20.8. The summed E-state index contributed by atoms with van der Waals surface area (Å²) in [6, 6.07) is 14.8. The van der Waals surface area contributed by atoms with Crippen molar-refractivity contribution in [3.8, 4) is 0 Å². The number of thioether (sulfide) groups is 1. The van der Waals surface area contributed by atoms with E-state index in [9.17, 15) is 22.8 Å². The minimum Gasteiger partial charge on any atom is -0.350 e. The molecule has 0 aliphatic carbocycles. The van der Waals surface area contributed by atoms with Crippen molar-refractivity contribution < 1.29 is 22.8 Å². The van der Waals surface area contributed by atoms with Gasteiger partial charge in [-0.1, -0.05) is 42.5 Å². The molecule has 0 saturated carbocycles. The minimum absolute atomic E-state index is 0.0319. The second-order valence-electron chi connectivity index (χ2n) is 6.14. The Morgan fingerprint density at radius 3 is 2.34 bits per heavy atom. The Bertz CT molecular complexity index is 1080. The number of carbonyl (C=O) groups excluding carboxylic acids is 3. The molecule has 1 heterocycles. The fraction of sp³-hybridized carbons (Fsp3) is 0.105. The first-order chi connectivity index (χ1) is 13.7. The highest BCUT2D eigenvalue weighted by molar-refractivity contribution is 8.18. The molecular weight excluding hydrogens is 414 g/mol. The van der Waals surface area contributed by atoms with Crippen molar-refractivity contribution in [3.63, 3.8) is 0 Å². The van der Waals surface area contributed by atoms with E-state index in [4.69, 9.17) is 5.14 Å². The molecule has 2 aromatic carbocycles. The normalized spacial score (nSPS) is 15.8. The molecule has 1 aliphatic heterocycles. The van der Waals surface area contributed by atoms with Crippen LogP contribution in [0.4, 0.5) is 4.79 Å². The Hall–Kier alpha value is -2.95. The van der Waals surface area contributed by atoms with Crippen molar-refractivity contribution in [3.05, 3.63) is 70.6 Å². The van der Waals surface area contributed by atoms with Crippen LogP contribution in [0.2, 0.25) is 0 Å². The van der Waals surface area contributed by atoms with E-state index >= 15 is 0 Å². The topological polar surface area (TPSA) is 127 Å². The molecule has 0 aromatic heterocycles. The van der Waals surface area contributed by atoms with Crippen LogP contribution >= 0.6 is 11.8 Å². The maximum Gasteiger partial charge on any atom is 0.294 e. The van der Waals surface area contributed by atoms with E-state index in [-0.39, 0.29) is 16.3 Å². The second kappa shape index (κ2) is 8.60. The zero-order chi connectivity index (χ0) is 21.0. The van der Waals surface area contributed by atoms with Crippen molar-refractivity contribution in [2.75, 3.05) is 6.54 Å². The van der Waals surface area contributed by atoms with Gasteiger partial charge in [0.1, 0.15) is 6.54 Å². The molecule has 0 spiro atoms. The Balaban J connectivity index is 1.58. The molecule has 0 bridgehead atoms. The van der Waals surface area contributed by atoms with Crippen LogP contribution in [0.1, 0.15) is 11.1 Å². The summed E-state index contributed by atoms with van der Waals surface area (Å²) in [4.78, 5) is 37.8. The predicted molar refractivity (Wildman–Crippen MR) is 109 cm³/mol. The van der Waals surface area contributed by atoms with Gasteiger partial charge < -0.3 is 5.32 Å². The van der Waals surface area contributed by atoms with Crippen LogP contribution in [0.5, 0.6) is 0 Å². The van der Waals surface area contributed by atoms with Gasteiger partial charge in [0.2, 0.25) is 15.9 Å². The van der Waals surface area contributed by atoms with Gasteiger partial charge in [-0.05, 0) is 41.1 Å². The molecule has 29 heavy (non-hydrogen) atoms. The number of sulfonamides is 1. The largest absolute Gasteiger partial charge is 0.350 e.